The van der Waals surface area contributed by atoms with Gasteiger partial charge in [-0.3, -0.25) is 10.1 Å². The Morgan fingerprint density at radius 2 is 2.37 bits per heavy atom. The Hall–Kier alpha value is -1.01. The van der Waals surface area contributed by atoms with Gasteiger partial charge in [-0.05, 0) is 11.4 Å². The SMILES string of the molecule is CC(C)(CNC(=O)C1CC(F)(F)CN1)c1cccs1. The maximum absolute atomic E-state index is 13.0. The molecule has 1 aromatic heterocycles. The van der Waals surface area contributed by atoms with E-state index in [0.29, 0.717) is 6.54 Å². The third kappa shape index (κ3) is 3.51. The Morgan fingerprint density at radius 1 is 1.63 bits per heavy atom. The Bertz CT molecular complexity index is 446. The second-order valence-corrected chi connectivity index (χ2v) is 6.52. The Morgan fingerprint density at radius 3 is 2.89 bits per heavy atom. The molecular weight excluding hydrogens is 270 g/mol. The first-order valence-corrected chi connectivity index (χ1v) is 7.11. The molecule has 1 aliphatic rings. The number of halogens is 2. The van der Waals surface area contributed by atoms with E-state index >= 15 is 0 Å². The van der Waals surface area contributed by atoms with Gasteiger partial charge in [0.15, 0.2) is 0 Å². The predicted molar refractivity (Wildman–Crippen MR) is 71.7 cm³/mol. The van der Waals surface area contributed by atoms with Crippen LogP contribution in [0, 0.1) is 0 Å². The highest BCUT2D eigenvalue weighted by atomic mass is 32.1. The van der Waals surface area contributed by atoms with Crippen LogP contribution in [0.15, 0.2) is 17.5 Å². The molecule has 0 radical (unpaired) electrons. The molecule has 2 N–H and O–H groups in total. The molecule has 1 atom stereocenters. The van der Waals surface area contributed by atoms with Crippen molar-refractivity contribution >= 4 is 17.2 Å². The third-order valence-corrected chi connectivity index (χ3v) is 4.55. The van der Waals surface area contributed by atoms with E-state index in [1.165, 1.54) is 0 Å². The average Bonchev–Trinajstić information content (AvgIpc) is 2.95. The zero-order valence-corrected chi connectivity index (χ0v) is 11.8. The van der Waals surface area contributed by atoms with Crippen LogP contribution in [0.2, 0.25) is 0 Å². The van der Waals surface area contributed by atoms with Crippen LogP contribution in [0.1, 0.15) is 25.1 Å². The highest BCUT2D eigenvalue weighted by Crippen LogP contribution is 2.27. The molecule has 19 heavy (non-hydrogen) atoms. The molecule has 1 aromatic rings. The van der Waals surface area contributed by atoms with Gasteiger partial charge in [-0.15, -0.1) is 11.3 Å². The lowest BCUT2D eigenvalue weighted by atomic mass is 9.91. The van der Waals surface area contributed by atoms with Crippen LogP contribution in [0.3, 0.4) is 0 Å². The highest BCUT2D eigenvalue weighted by molar-refractivity contribution is 7.10. The molecule has 1 fully saturated rings. The number of hydrogen-bond donors (Lipinski definition) is 2. The van der Waals surface area contributed by atoms with Crippen LogP contribution in [0.5, 0.6) is 0 Å². The summed E-state index contributed by atoms with van der Waals surface area (Å²) in [5.74, 6) is -3.12. The predicted octanol–water partition coefficient (Wildman–Crippen LogP) is 2.14. The molecule has 0 aliphatic carbocycles. The van der Waals surface area contributed by atoms with Crippen molar-refractivity contribution in [3.63, 3.8) is 0 Å². The smallest absolute Gasteiger partial charge is 0.262 e. The molecular formula is C13H18F2N2OS. The van der Waals surface area contributed by atoms with Gasteiger partial charge in [0.05, 0.1) is 12.6 Å². The zero-order valence-electron chi connectivity index (χ0n) is 11.0. The lowest BCUT2D eigenvalue weighted by Gasteiger charge is -2.24. The van der Waals surface area contributed by atoms with Gasteiger partial charge in [-0.1, -0.05) is 19.9 Å². The van der Waals surface area contributed by atoms with E-state index in [1.807, 2.05) is 31.4 Å². The van der Waals surface area contributed by atoms with Crippen LogP contribution in [0.25, 0.3) is 0 Å². The largest absolute Gasteiger partial charge is 0.354 e. The first kappa shape index (κ1) is 14.4. The van der Waals surface area contributed by atoms with Gasteiger partial charge >= 0.3 is 0 Å². The summed E-state index contributed by atoms with van der Waals surface area (Å²) in [5, 5.41) is 7.31. The number of amides is 1. The quantitative estimate of drug-likeness (QED) is 0.891. The standard InChI is InChI=1S/C13H18F2N2OS/c1-12(2,10-4-3-5-19-10)7-17-11(18)9-6-13(14,15)8-16-9/h3-5,9,16H,6-8H2,1-2H3,(H,17,18). The average molecular weight is 288 g/mol. The fourth-order valence-corrected chi connectivity index (χ4v) is 2.94. The van der Waals surface area contributed by atoms with Crippen LogP contribution >= 0.6 is 11.3 Å². The fraction of sp³-hybridized carbons (Fsp3) is 0.615. The van der Waals surface area contributed by atoms with Gasteiger partial charge in [-0.2, -0.15) is 0 Å². The first-order valence-electron chi connectivity index (χ1n) is 6.23. The van der Waals surface area contributed by atoms with Crippen LogP contribution in [-0.4, -0.2) is 31.0 Å². The molecule has 1 unspecified atom stereocenters. The Kier molecular flexibility index (Phi) is 3.92. The van der Waals surface area contributed by atoms with Gasteiger partial charge in [0.1, 0.15) is 0 Å². The minimum atomic E-state index is -2.77. The molecule has 6 heteroatoms. The number of nitrogens with one attached hydrogen (secondary N) is 2. The van der Waals surface area contributed by atoms with E-state index in [2.05, 4.69) is 10.6 Å². The lowest BCUT2D eigenvalue weighted by molar-refractivity contribution is -0.123. The third-order valence-electron chi connectivity index (χ3n) is 3.32. The molecule has 106 valence electrons. The molecule has 1 saturated heterocycles. The summed E-state index contributed by atoms with van der Waals surface area (Å²) in [4.78, 5) is 13.0. The van der Waals surface area contributed by atoms with Gasteiger partial charge < -0.3 is 5.32 Å². The number of thiophene rings is 1. The van der Waals surface area contributed by atoms with Crippen LogP contribution < -0.4 is 10.6 Å². The highest BCUT2D eigenvalue weighted by Gasteiger charge is 2.42. The molecule has 1 amide bonds. The summed E-state index contributed by atoms with van der Waals surface area (Å²) in [6.45, 7) is 4.07. The number of carbonyl (C=O) groups excluding carboxylic acids is 1. The summed E-state index contributed by atoms with van der Waals surface area (Å²) >= 11 is 1.63. The molecule has 0 spiro atoms. The van der Waals surface area contributed by atoms with E-state index in [4.69, 9.17) is 0 Å². The minimum Gasteiger partial charge on any atom is -0.354 e. The Labute approximate surface area is 115 Å². The fourth-order valence-electron chi connectivity index (χ4n) is 2.08. The van der Waals surface area contributed by atoms with Gasteiger partial charge in [0.2, 0.25) is 5.91 Å². The maximum Gasteiger partial charge on any atom is 0.262 e. The van der Waals surface area contributed by atoms with E-state index in [0.717, 1.165) is 4.88 Å². The van der Waals surface area contributed by atoms with Crippen molar-refractivity contribution in [2.45, 2.75) is 37.6 Å². The summed E-state index contributed by atoms with van der Waals surface area (Å²) in [7, 11) is 0. The number of carbonyl (C=O) groups is 1. The summed E-state index contributed by atoms with van der Waals surface area (Å²) in [6, 6.07) is 3.19. The molecule has 0 aromatic carbocycles. The summed E-state index contributed by atoms with van der Waals surface area (Å²) < 4.78 is 26.0. The van der Waals surface area contributed by atoms with Crippen LogP contribution in [-0.2, 0) is 10.2 Å². The second-order valence-electron chi connectivity index (χ2n) is 5.57. The molecule has 2 heterocycles. The van der Waals surface area contributed by atoms with Gasteiger partial charge in [-0.25, -0.2) is 8.78 Å². The van der Waals surface area contributed by atoms with E-state index in [1.54, 1.807) is 11.3 Å². The van der Waals surface area contributed by atoms with Gasteiger partial charge in [0.25, 0.3) is 5.92 Å². The van der Waals surface area contributed by atoms with Crippen molar-refractivity contribution in [1.82, 2.24) is 10.6 Å². The first-order chi connectivity index (χ1) is 8.80. The second kappa shape index (κ2) is 5.17. The van der Waals surface area contributed by atoms with Crippen molar-refractivity contribution in [3.05, 3.63) is 22.4 Å². The Balaban J connectivity index is 1.87. The van der Waals surface area contributed by atoms with Crippen molar-refractivity contribution in [3.8, 4) is 0 Å². The van der Waals surface area contributed by atoms with Crippen molar-refractivity contribution in [2.75, 3.05) is 13.1 Å². The monoisotopic (exact) mass is 288 g/mol. The molecule has 2 rings (SSSR count). The van der Waals surface area contributed by atoms with Crippen molar-refractivity contribution in [2.24, 2.45) is 0 Å². The lowest BCUT2D eigenvalue weighted by Crippen LogP contribution is -2.44. The van der Waals surface area contributed by atoms with E-state index in [-0.39, 0.29) is 11.3 Å². The van der Waals surface area contributed by atoms with Crippen molar-refractivity contribution < 1.29 is 13.6 Å². The summed E-state index contributed by atoms with van der Waals surface area (Å²) in [6.07, 6.45) is -0.418. The molecule has 1 aliphatic heterocycles. The number of rotatable bonds is 4. The molecule has 0 saturated carbocycles. The van der Waals surface area contributed by atoms with E-state index in [9.17, 15) is 13.6 Å². The van der Waals surface area contributed by atoms with Crippen molar-refractivity contribution in [1.29, 1.82) is 0 Å². The molecule has 3 nitrogen and oxygen atoms in total. The van der Waals surface area contributed by atoms with E-state index < -0.39 is 24.9 Å². The number of alkyl halides is 2. The number of hydrogen-bond acceptors (Lipinski definition) is 3. The van der Waals surface area contributed by atoms with Crippen LogP contribution in [0.4, 0.5) is 8.78 Å². The normalized spacial score (nSPS) is 22.4. The molecule has 0 bridgehead atoms. The summed E-state index contributed by atoms with van der Waals surface area (Å²) in [5.41, 5.74) is -0.190. The maximum atomic E-state index is 13.0. The van der Waals surface area contributed by atoms with Gasteiger partial charge in [0, 0.05) is 23.3 Å². The topological polar surface area (TPSA) is 41.1 Å². The minimum absolute atomic E-state index is 0.190. The zero-order chi connectivity index (χ0) is 14.1.